The monoisotopic (exact) mass is 487 g/mol. The number of amides is 1. The molecule has 186 valence electrons. The number of aromatic nitrogens is 6. The lowest BCUT2D eigenvalue weighted by Crippen LogP contribution is -2.24. The molecule has 1 aliphatic heterocycles. The fraction of sp³-hybridized carbons (Fsp3) is 0.360. The van der Waals surface area contributed by atoms with E-state index in [1.807, 2.05) is 25.1 Å². The molecule has 5 rings (SSSR count). The summed E-state index contributed by atoms with van der Waals surface area (Å²) in [5.41, 5.74) is 8.87. The predicted molar refractivity (Wildman–Crippen MR) is 135 cm³/mol. The van der Waals surface area contributed by atoms with Gasteiger partial charge in [0.1, 0.15) is 12.4 Å². The van der Waals surface area contributed by atoms with E-state index in [0.717, 1.165) is 46.5 Å². The molecule has 1 aliphatic rings. The maximum absolute atomic E-state index is 12.9. The minimum Gasteiger partial charge on any atom is -0.383 e. The van der Waals surface area contributed by atoms with Gasteiger partial charge in [-0.1, -0.05) is 12.1 Å². The zero-order valence-electron chi connectivity index (χ0n) is 20.4. The lowest BCUT2D eigenvalue weighted by Gasteiger charge is -2.14. The number of hydrogen-bond acceptors (Lipinski definition) is 9. The van der Waals surface area contributed by atoms with Crippen molar-refractivity contribution < 1.29 is 9.53 Å². The second-order valence-corrected chi connectivity index (χ2v) is 8.85. The van der Waals surface area contributed by atoms with E-state index in [-0.39, 0.29) is 18.3 Å². The maximum Gasteiger partial charge on any atom is 0.291 e. The van der Waals surface area contributed by atoms with Crippen molar-refractivity contribution in [1.29, 1.82) is 0 Å². The Balaban J connectivity index is 1.29. The minimum atomic E-state index is -0.361. The Labute approximate surface area is 208 Å². The first-order valence-electron chi connectivity index (χ1n) is 11.9. The van der Waals surface area contributed by atoms with Gasteiger partial charge in [0, 0.05) is 56.3 Å². The van der Waals surface area contributed by atoms with Gasteiger partial charge in [-0.15, -0.1) is 5.10 Å². The van der Waals surface area contributed by atoms with Crippen LogP contribution < -0.4 is 16.0 Å². The molecule has 0 unspecified atom stereocenters. The average Bonchev–Trinajstić information content (AvgIpc) is 3.56. The molecule has 0 radical (unpaired) electrons. The van der Waals surface area contributed by atoms with E-state index in [9.17, 15) is 4.79 Å². The molecule has 11 nitrogen and oxygen atoms in total. The summed E-state index contributed by atoms with van der Waals surface area (Å²) in [6, 6.07) is 5.80. The third-order valence-corrected chi connectivity index (χ3v) is 6.44. The fourth-order valence-electron chi connectivity index (χ4n) is 4.44. The normalized spacial score (nSPS) is 13.4. The van der Waals surface area contributed by atoms with E-state index in [4.69, 9.17) is 10.5 Å². The summed E-state index contributed by atoms with van der Waals surface area (Å²) >= 11 is 0. The number of nitrogen functional groups attached to an aromatic ring is 1. The van der Waals surface area contributed by atoms with Crippen molar-refractivity contribution in [3.63, 3.8) is 0 Å². The van der Waals surface area contributed by atoms with Crippen molar-refractivity contribution in [2.24, 2.45) is 0 Å². The minimum absolute atomic E-state index is 0.0866. The molecule has 3 N–H and O–H groups in total. The van der Waals surface area contributed by atoms with Crippen LogP contribution >= 0.6 is 0 Å². The van der Waals surface area contributed by atoms with Gasteiger partial charge in [-0.2, -0.15) is 0 Å². The Morgan fingerprint density at radius 1 is 1.11 bits per heavy atom. The summed E-state index contributed by atoms with van der Waals surface area (Å²) in [6.07, 6.45) is 7.61. The van der Waals surface area contributed by atoms with Crippen LogP contribution in [0.1, 0.15) is 46.0 Å². The van der Waals surface area contributed by atoms with Crippen LogP contribution in [0.25, 0.3) is 10.8 Å². The molecule has 0 bridgehead atoms. The Morgan fingerprint density at radius 2 is 1.89 bits per heavy atom. The van der Waals surface area contributed by atoms with E-state index < -0.39 is 0 Å². The van der Waals surface area contributed by atoms with Gasteiger partial charge in [0.2, 0.25) is 11.8 Å². The smallest absolute Gasteiger partial charge is 0.291 e. The van der Waals surface area contributed by atoms with Gasteiger partial charge in [0.05, 0.1) is 6.54 Å². The van der Waals surface area contributed by atoms with Crippen molar-refractivity contribution in [3.8, 4) is 0 Å². The van der Waals surface area contributed by atoms with Crippen molar-refractivity contribution >= 4 is 28.4 Å². The molecule has 0 spiro atoms. The zero-order chi connectivity index (χ0) is 25.1. The lowest BCUT2D eigenvalue weighted by molar-refractivity contribution is 0.0940. The van der Waals surface area contributed by atoms with Crippen LogP contribution in [0.5, 0.6) is 0 Å². The number of benzene rings is 1. The zero-order valence-corrected chi connectivity index (χ0v) is 20.4. The highest BCUT2D eigenvalue weighted by atomic mass is 16.5. The van der Waals surface area contributed by atoms with Gasteiger partial charge in [0.25, 0.3) is 5.91 Å². The quantitative estimate of drug-likeness (QED) is 0.383. The van der Waals surface area contributed by atoms with Crippen molar-refractivity contribution in [1.82, 2.24) is 35.0 Å². The summed E-state index contributed by atoms with van der Waals surface area (Å²) in [5.74, 6) is 1.51. The van der Waals surface area contributed by atoms with Gasteiger partial charge in [0.15, 0.2) is 5.82 Å². The number of carbonyl (C=O) groups is 1. The number of ether oxygens (including phenoxy) is 1. The molecule has 4 aromatic rings. The molecule has 36 heavy (non-hydrogen) atoms. The molecular weight excluding hydrogens is 458 g/mol. The molecule has 1 amide bonds. The van der Waals surface area contributed by atoms with Crippen LogP contribution in [0.2, 0.25) is 0 Å². The molecule has 3 aromatic heterocycles. The Kier molecular flexibility index (Phi) is 6.72. The maximum atomic E-state index is 12.9. The highest BCUT2D eigenvalue weighted by Crippen LogP contribution is 2.25. The number of nitrogens with zero attached hydrogens (tertiary/aromatic N) is 7. The van der Waals surface area contributed by atoms with Crippen molar-refractivity contribution in [2.45, 2.75) is 39.5 Å². The summed E-state index contributed by atoms with van der Waals surface area (Å²) in [6.45, 7) is 4.93. The van der Waals surface area contributed by atoms with Crippen LogP contribution in [0, 0.1) is 6.92 Å². The number of anilines is 2. The Bertz CT molecular complexity index is 1380. The van der Waals surface area contributed by atoms with Crippen LogP contribution in [0.15, 0.2) is 36.8 Å². The molecule has 0 aliphatic carbocycles. The second kappa shape index (κ2) is 10.2. The van der Waals surface area contributed by atoms with Crippen molar-refractivity contribution in [2.75, 3.05) is 30.8 Å². The van der Waals surface area contributed by atoms with Crippen LogP contribution in [0.3, 0.4) is 0 Å². The number of carbonyl (C=O) groups excluding carboxylic acids is 1. The van der Waals surface area contributed by atoms with Crippen LogP contribution in [0.4, 0.5) is 11.8 Å². The standard InChI is InChI=1S/C25H29N9O2/c1-16-18(5-6-20-19(16)7-8-27-22(20)26)13-28-24(35)23-31-21(15-36-2)34(32-23)14-17-11-29-25(30-12-17)33-9-3-4-10-33/h5-8,11-12H,3-4,9-10,13-15H2,1-2H3,(H2,26,27)(H,28,35). The number of pyridine rings is 1. The van der Waals surface area contributed by atoms with Gasteiger partial charge in [-0.05, 0) is 42.3 Å². The lowest BCUT2D eigenvalue weighted by atomic mass is 10.0. The average molecular weight is 488 g/mol. The molecule has 11 heteroatoms. The Morgan fingerprint density at radius 3 is 2.64 bits per heavy atom. The van der Waals surface area contributed by atoms with Gasteiger partial charge >= 0.3 is 0 Å². The van der Waals surface area contributed by atoms with Gasteiger partial charge < -0.3 is 20.7 Å². The molecule has 4 heterocycles. The van der Waals surface area contributed by atoms with E-state index >= 15 is 0 Å². The number of rotatable bonds is 8. The first-order valence-corrected chi connectivity index (χ1v) is 11.9. The first-order chi connectivity index (χ1) is 17.5. The second-order valence-electron chi connectivity index (χ2n) is 8.85. The molecule has 0 atom stereocenters. The van der Waals surface area contributed by atoms with Gasteiger partial charge in [-0.3, -0.25) is 4.79 Å². The summed E-state index contributed by atoms with van der Waals surface area (Å²) < 4.78 is 6.93. The fourth-order valence-corrected chi connectivity index (χ4v) is 4.44. The number of nitrogens with one attached hydrogen (secondary N) is 1. The summed E-state index contributed by atoms with van der Waals surface area (Å²) in [5, 5.41) is 9.27. The van der Waals surface area contributed by atoms with E-state index in [2.05, 4.69) is 35.3 Å². The van der Waals surface area contributed by atoms with E-state index in [1.165, 1.54) is 12.8 Å². The predicted octanol–water partition coefficient (Wildman–Crippen LogP) is 2.23. The van der Waals surface area contributed by atoms with E-state index in [0.29, 0.717) is 24.7 Å². The largest absolute Gasteiger partial charge is 0.383 e. The first kappa shape index (κ1) is 23.6. The van der Waals surface area contributed by atoms with Crippen LogP contribution in [-0.4, -0.2) is 55.8 Å². The van der Waals surface area contributed by atoms with Crippen molar-refractivity contribution in [3.05, 3.63) is 65.1 Å². The third-order valence-electron chi connectivity index (χ3n) is 6.44. The number of hydrogen-bond donors (Lipinski definition) is 2. The molecule has 1 saturated heterocycles. The number of fused-ring (bicyclic) bond motifs is 1. The highest BCUT2D eigenvalue weighted by molar-refractivity contribution is 5.94. The molecular formula is C25H29N9O2. The summed E-state index contributed by atoms with van der Waals surface area (Å²) in [4.78, 5) is 32.7. The number of aryl methyl sites for hydroxylation is 1. The number of nitrogens with two attached hydrogens (primary N) is 1. The summed E-state index contributed by atoms with van der Waals surface area (Å²) in [7, 11) is 1.58. The van der Waals surface area contributed by atoms with Crippen LogP contribution in [-0.2, 0) is 24.4 Å². The molecule has 0 saturated carbocycles. The topological polar surface area (TPSA) is 137 Å². The Hall–Kier alpha value is -4.12. The SMILES string of the molecule is COCc1nc(C(=O)NCc2ccc3c(N)nccc3c2C)nn1Cc1cnc(N2CCCC2)nc1. The third kappa shape index (κ3) is 4.82. The van der Waals surface area contributed by atoms with E-state index in [1.54, 1.807) is 30.4 Å². The number of methoxy groups -OCH3 is 1. The molecule has 1 fully saturated rings. The van der Waals surface area contributed by atoms with Gasteiger partial charge in [-0.25, -0.2) is 24.6 Å². The molecule has 1 aromatic carbocycles. The highest BCUT2D eigenvalue weighted by Gasteiger charge is 2.18.